The topological polar surface area (TPSA) is 39.3 Å². The third kappa shape index (κ3) is 1.74. The molecule has 3 nitrogen and oxygen atoms in total. The molecule has 0 spiro atoms. The van der Waals surface area contributed by atoms with Crippen molar-refractivity contribution >= 4 is 10.9 Å². The van der Waals surface area contributed by atoms with Gasteiger partial charge in [-0.1, -0.05) is 37.3 Å². The highest BCUT2D eigenvalue weighted by Gasteiger charge is 2.45. The van der Waals surface area contributed by atoms with Gasteiger partial charge in [0.1, 0.15) is 0 Å². The average molecular weight is 282 g/mol. The van der Waals surface area contributed by atoms with E-state index in [1.165, 1.54) is 22.2 Å². The van der Waals surface area contributed by atoms with Crippen LogP contribution in [0.3, 0.4) is 0 Å². The summed E-state index contributed by atoms with van der Waals surface area (Å²) in [7, 11) is 0. The number of rotatable bonds is 2. The van der Waals surface area contributed by atoms with E-state index in [4.69, 9.17) is 0 Å². The Morgan fingerprint density at radius 2 is 2.24 bits per heavy atom. The second-order valence-electron chi connectivity index (χ2n) is 6.36. The van der Waals surface area contributed by atoms with Crippen LogP contribution in [0.4, 0.5) is 0 Å². The number of hydrogen-bond acceptors (Lipinski definition) is 2. The molecule has 0 saturated heterocycles. The van der Waals surface area contributed by atoms with Crippen LogP contribution in [0.25, 0.3) is 10.9 Å². The molecule has 2 N–H and O–H groups in total. The van der Waals surface area contributed by atoms with Gasteiger partial charge in [0.15, 0.2) is 0 Å². The van der Waals surface area contributed by atoms with Crippen LogP contribution in [0.1, 0.15) is 30.6 Å². The van der Waals surface area contributed by atoms with Crippen LogP contribution in [0.15, 0.2) is 36.4 Å². The van der Waals surface area contributed by atoms with E-state index in [0.29, 0.717) is 0 Å². The first-order chi connectivity index (χ1) is 10.3. The number of aromatic nitrogens is 1. The van der Waals surface area contributed by atoms with E-state index in [9.17, 15) is 5.11 Å². The first-order valence-electron chi connectivity index (χ1n) is 7.91. The van der Waals surface area contributed by atoms with Crippen LogP contribution >= 0.6 is 0 Å². The Labute approximate surface area is 125 Å². The monoisotopic (exact) mass is 282 g/mol. The lowest BCUT2D eigenvalue weighted by Crippen LogP contribution is -2.48. The van der Waals surface area contributed by atoms with Crippen molar-refractivity contribution in [2.45, 2.75) is 25.8 Å². The van der Waals surface area contributed by atoms with Gasteiger partial charge in [-0.05, 0) is 24.5 Å². The molecule has 3 heterocycles. The van der Waals surface area contributed by atoms with Gasteiger partial charge in [-0.15, -0.1) is 0 Å². The van der Waals surface area contributed by atoms with Gasteiger partial charge in [-0.25, -0.2) is 0 Å². The molecule has 0 amide bonds. The average Bonchev–Trinajstić information content (AvgIpc) is 2.92. The minimum Gasteiger partial charge on any atom is -0.395 e. The van der Waals surface area contributed by atoms with Crippen LogP contribution in [0.5, 0.6) is 0 Å². The molecule has 1 aromatic heterocycles. The fourth-order valence-electron chi connectivity index (χ4n) is 4.21. The van der Waals surface area contributed by atoms with E-state index in [1.807, 2.05) is 0 Å². The molecular formula is C18H22N2O. The Kier molecular flexibility index (Phi) is 2.95. The molecule has 0 aliphatic carbocycles. The third-order valence-electron chi connectivity index (χ3n) is 5.42. The minimum atomic E-state index is -0.158. The van der Waals surface area contributed by atoms with E-state index >= 15 is 0 Å². The number of nitrogens with zero attached hydrogens (tertiary/aromatic N) is 1. The summed E-state index contributed by atoms with van der Waals surface area (Å²) in [5.41, 5.74) is 3.84. The molecule has 0 unspecified atom stereocenters. The lowest BCUT2D eigenvalue weighted by atomic mass is 9.72. The smallest absolute Gasteiger partial charge is 0.0618 e. The molecule has 21 heavy (non-hydrogen) atoms. The molecule has 2 aromatic rings. The van der Waals surface area contributed by atoms with E-state index < -0.39 is 0 Å². The molecule has 0 radical (unpaired) electrons. The molecule has 0 saturated carbocycles. The maximum atomic E-state index is 10.1. The van der Waals surface area contributed by atoms with Gasteiger partial charge >= 0.3 is 0 Å². The molecule has 2 aliphatic heterocycles. The van der Waals surface area contributed by atoms with Crippen molar-refractivity contribution in [2.75, 3.05) is 19.7 Å². The largest absolute Gasteiger partial charge is 0.395 e. The van der Waals surface area contributed by atoms with Gasteiger partial charge in [-0.2, -0.15) is 0 Å². The first-order valence-corrected chi connectivity index (χ1v) is 7.91. The van der Waals surface area contributed by atoms with Crippen molar-refractivity contribution in [1.29, 1.82) is 0 Å². The Morgan fingerprint density at radius 1 is 1.38 bits per heavy atom. The molecule has 4 rings (SSSR count). The standard InChI is InChI=1S/C18H22N2O/c1-2-18(12-21)9-5-10-20-11-8-14-13-6-3-4-7-15(13)19-16(14)17(18)20/h3-7,9,17,19,21H,2,8,10-12H2,1H3/t17-,18-/m0/s1. The SMILES string of the molecule is CC[C@@]1(CO)C=CCN2CCc3c([nH]c4ccccc34)[C@H]21. The number of para-hydroxylation sites is 1. The summed E-state index contributed by atoms with van der Waals surface area (Å²) in [6.07, 6.45) is 6.52. The predicted molar refractivity (Wildman–Crippen MR) is 85.3 cm³/mol. The summed E-state index contributed by atoms with van der Waals surface area (Å²) in [6, 6.07) is 8.84. The summed E-state index contributed by atoms with van der Waals surface area (Å²) >= 11 is 0. The van der Waals surface area contributed by atoms with E-state index in [-0.39, 0.29) is 18.1 Å². The third-order valence-corrected chi connectivity index (χ3v) is 5.42. The van der Waals surface area contributed by atoms with Crippen molar-refractivity contribution in [3.8, 4) is 0 Å². The van der Waals surface area contributed by atoms with Crippen molar-refractivity contribution < 1.29 is 5.11 Å². The Balaban J connectivity index is 1.94. The van der Waals surface area contributed by atoms with Crippen molar-refractivity contribution in [1.82, 2.24) is 9.88 Å². The summed E-state index contributed by atoms with van der Waals surface area (Å²) in [5, 5.41) is 11.4. The lowest BCUT2D eigenvalue weighted by Gasteiger charge is -2.48. The molecular weight excluding hydrogens is 260 g/mol. The highest BCUT2D eigenvalue weighted by atomic mass is 16.3. The summed E-state index contributed by atoms with van der Waals surface area (Å²) in [4.78, 5) is 6.16. The van der Waals surface area contributed by atoms with Gasteiger partial charge in [0, 0.05) is 35.1 Å². The molecule has 0 fully saturated rings. The fourth-order valence-corrected chi connectivity index (χ4v) is 4.21. The van der Waals surface area contributed by atoms with E-state index in [2.05, 4.69) is 53.2 Å². The van der Waals surface area contributed by atoms with Crippen LogP contribution in [0.2, 0.25) is 0 Å². The Bertz CT molecular complexity index is 696. The summed E-state index contributed by atoms with van der Waals surface area (Å²) < 4.78 is 0. The number of hydrogen-bond donors (Lipinski definition) is 2. The Morgan fingerprint density at radius 3 is 3.05 bits per heavy atom. The van der Waals surface area contributed by atoms with Crippen LogP contribution < -0.4 is 0 Å². The minimum absolute atomic E-state index is 0.158. The van der Waals surface area contributed by atoms with Crippen molar-refractivity contribution in [3.63, 3.8) is 0 Å². The number of benzene rings is 1. The van der Waals surface area contributed by atoms with Gasteiger partial charge in [0.2, 0.25) is 0 Å². The van der Waals surface area contributed by atoms with Gasteiger partial charge in [0.25, 0.3) is 0 Å². The maximum absolute atomic E-state index is 10.1. The highest BCUT2D eigenvalue weighted by Crippen LogP contribution is 2.48. The quantitative estimate of drug-likeness (QED) is 0.831. The van der Waals surface area contributed by atoms with Crippen LogP contribution in [-0.4, -0.2) is 34.7 Å². The van der Waals surface area contributed by atoms with Gasteiger partial charge in [0.05, 0.1) is 12.6 Å². The molecule has 2 atom stereocenters. The van der Waals surface area contributed by atoms with E-state index in [0.717, 1.165) is 25.9 Å². The first kappa shape index (κ1) is 13.1. The number of H-pyrrole nitrogens is 1. The molecule has 2 aliphatic rings. The summed E-state index contributed by atoms with van der Waals surface area (Å²) in [6.45, 7) is 4.45. The van der Waals surface area contributed by atoms with E-state index in [1.54, 1.807) is 0 Å². The number of aliphatic hydroxyl groups is 1. The number of nitrogens with one attached hydrogen (secondary N) is 1. The molecule has 110 valence electrons. The predicted octanol–water partition coefficient (Wildman–Crippen LogP) is 3.03. The van der Waals surface area contributed by atoms with Crippen LogP contribution in [-0.2, 0) is 6.42 Å². The fraction of sp³-hybridized carbons (Fsp3) is 0.444. The maximum Gasteiger partial charge on any atom is 0.0618 e. The molecule has 3 heteroatoms. The van der Waals surface area contributed by atoms with Crippen molar-refractivity contribution in [2.24, 2.45) is 5.41 Å². The second-order valence-corrected chi connectivity index (χ2v) is 6.36. The number of aliphatic hydroxyl groups excluding tert-OH is 1. The number of aromatic amines is 1. The normalized spacial score (nSPS) is 28.6. The van der Waals surface area contributed by atoms with Crippen molar-refractivity contribution in [3.05, 3.63) is 47.7 Å². The zero-order chi connectivity index (χ0) is 14.4. The Hall–Kier alpha value is -1.58. The zero-order valence-corrected chi connectivity index (χ0v) is 12.5. The lowest BCUT2D eigenvalue weighted by molar-refractivity contribution is 0.0305. The highest BCUT2D eigenvalue weighted by molar-refractivity contribution is 5.85. The molecule has 0 bridgehead atoms. The molecule has 1 aromatic carbocycles. The zero-order valence-electron chi connectivity index (χ0n) is 12.5. The summed E-state index contributed by atoms with van der Waals surface area (Å²) in [5.74, 6) is 0. The van der Waals surface area contributed by atoms with Crippen LogP contribution in [0, 0.1) is 5.41 Å². The number of fused-ring (bicyclic) bond motifs is 5. The van der Waals surface area contributed by atoms with Gasteiger partial charge < -0.3 is 10.1 Å². The van der Waals surface area contributed by atoms with Gasteiger partial charge in [-0.3, -0.25) is 4.90 Å². The second kappa shape index (κ2) is 4.72.